The van der Waals surface area contributed by atoms with Gasteiger partial charge in [-0.15, -0.1) is 6.58 Å². The number of aliphatic imine (C=N–C) groups is 1. The molecule has 2 aromatic rings. The monoisotopic (exact) mass is 423 g/mol. The van der Waals surface area contributed by atoms with E-state index in [0.717, 1.165) is 26.9 Å². The second kappa shape index (κ2) is 8.39. The Morgan fingerprint density at radius 1 is 1.17 bits per heavy atom. The Morgan fingerprint density at radius 3 is 2.69 bits per heavy atom. The van der Waals surface area contributed by atoms with Crippen LogP contribution in [0.5, 0.6) is 5.75 Å². The second-order valence-corrected chi connectivity index (χ2v) is 8.53. The van der Waals surface area contributed by atoms with Gasteiger partial charge in [-0.05, 0) is 29.5 Å². The van der Waals surface area contributed by atoms with Crippen LogP contribution >= 0.6 is 23.5 Å². The summed E-state index contributed by atoms with van der Waals surface area (Å²) in [4.78, 5) is 23.4. The highest BCUT2D eigenvalue weighted by molar-refractivity contribution is 8.19. The Kier molecular flexibility index (Phi) is 5.69. The molecule has 1 saturated heterocycles. The summed E-state index contributed by atoms with van der Waals surface area (Å²) >= 11 is 3.03. The van der Waals surface area contributed by atoms with Gasteiger partial charge in [0.05, 0.1) is 24.4 Å². The normalized spacial score (nSPS) is 19.8. The number of anilines is 1. The van der Waals surface area contributed by atoms with Crippen LogP contribution in [0.1, 0.15) is 5.56 Å². The number of benzene rings is 2. The molecule has 0 unspecified atom stereocenters. The Morgan fingerprint density at radius 2 is 1.97 bits per heavy atom. The zero-order valence-electron chi connectivity index (χ0n) is 16.3. The average molecular weight is 424 g/mol. The number of carbonyl (C=O) groups is 1. The summed E-state index contributed by atoms with van der Waals surface area (Å²) in [6, 6.07) is 16.0. The van der Waals surface area contributed by atoms with E-state index < -0.39 is 0 Å². The Hall–Kier alpha value is -2.64. The maximum atomic E-state index is 13.2. The fraction of sp³-hybridized carbons (Fsp3) is 0.182. The molecule has 0 spiro atoms. The van der Waals surface area contributed by atoms with Crippen molar-refractivity contribution in [1.82, 2.24) is 4.90 Å². The molecule has 0 bridgehead atoms. The van der Waals surface area contributed by atoms with Crippen LogP contribution in [0.2, 0.25) is 0 Å². The summed E-state index contributed by atoms with van der Waals surface area (Å²) < 4.78 is 5.35. The molecule has 0 atom stereocenters. The minimum atomic E-state index is -0.0316. The van der Waals surface area contributed by atoms with Crippen molar-refractivity contribution in [1.29, 1.82) is 0 Å². The molecule has 2 heterocycles. The average Bonchev–Trinajstić information content (AvgIpc) is 3.24. The van der Waals surface area contributed by atoms with Crippen molar-refractivity contribution in [3.8, 4) is 5.75 Å². The fourth-order valence-corrected chi connectivity index (χ4v) is 5.45. The van der Waals surface area contributed by atoms with Crippen LogP contribution in [0.15, 0.2) is 81.0 Å². The van der Waals surface area contributed by atoms with Crippen molar-refractivity contribution in [2.75, 3.05) is 25.6 Å². The highest BCUT2D eigenvalue weighted by atomic mass is 32.2. The first kappa shape index (κ1) is 19.7. The van der Waals surface area contributed by atoms with E-state index in [4.69, 9.17) is 9.73 Å². The van der Waals surface area contributed by atoms with Crippen molar-refractivity contribution in [3.63, 3.8) is 0 Å². The summed E-state index contributed by atoms with van der Waals surface area (Å²) in [6.07, 6.45) is 1.73. The number of hydrogen-bond acceptors (Lipinski definition) is 6. The maximum Gasteiger partial charge on any atom is 0.269 e. The predicted molar refractivity (Wildman–Crippen MR) is 121 cm³/mol. The third-order valence-electron chi connectivity index (χ3n) is 4.65. The summed E-state index contributed by atoms with van der Waals surface area (Å²) in [6.45, 7) is 4.77. The van der Waals surface area contributed by atoms with Crippen LogP contribution in [0, 0.1) is 0 Å². The lowest BCUT2D eigenvalue weighted by Gasteiger charge is -2.15. The summed E-state index contributed by atoms with van der Waals surface area (Å²) in [7, 11) is 3.63. The maximum absolute atomic E-state index is 13.2. The van der Waals surface area contributed by atoms with Crippen molar-refractivity contribution in [2.45, 2.75) is 11.4 Å². The zero-order valence-corrected chi connectivity index (χ0v) is 17.9. The highest BCUT2D eigenvalue weighted by Gasteiger charge is 2.38. The molecule has 0 aliphatic carbocycles. The summed E-state index contributed by atoms with van der Waals surface area (Å²) in [5.41, 5.74) is 2.15. The lowest BCUT2D eigenvalue weighted by molar-refractivity contribution is -0.121. The molecule has 0 radical (unpaired) electrons. The molecule has 5 nitrogen and oxygen atoms in total. The Labute approximate surface area is 179 Å². The standard InChI is InChI=1S/C22H21N3O2S2/c1-4-12-25-20(26)19(29-22(25)23-14-15-8-6-5-7-9-15)21-24(2)17-13-16(27-3)10-11-18(17)28-21/h4-11,13H,1,12,14H2,2-3H3/b21-19+,23-22?. The number of amidine groups is 1. The fourth-order valence-electron chi connectivity index (χ4n) is 3.14. The van der Waals surface area contributed by atoms with Gasteiger partial charge in [0.25, 0.3) is 5.91 Å². The third-order valence-corrected chi connectivity index (χ3v) is 7.12. The molecule has 0 N–H and O–H groups in total. The van der Waals surface area contributed by atoms with Crippen molar-refractivity contribution in [3.05, 3.63) is 76.7 Å². The molecule has 1 fully saturated rings. The molecule has 2 aromatic carbocycles. The first-order valence-electron chi connectivity index (χ1n) is 9.15. The SMILES string of the molecule is C=CCN1C(=O)/C(=C2\Sc3ccc(OC)cc3N2C)SC1=NCc1ccccc1. The van der Waals surface area contributed by atoms with Gasteiger partial charge in [-0.25, -0.2) is 0 Å². The lowest BCUT2D eigenvalue weighted by atomic mass is 10.2. The van der Waals surface area contributed by atoms with Crippen LogP contribution in [0.3, 0.4) is 0 Å². The molecule has 7 heteroatoms. The number of methoxy groups -OCH3 is 1. The second-order valence-electron chi connectivity index (χ2n) is 6.52. The first-order chi connectivity index (χ1) is 14.1. The van der Waals surface area contributed by atoms with Crippen molar-refractivity contribution >= 4 is 40.3 Å². The minimum Gasteiger partial charge on any atom is -0.497 e. The number of amides is 1. The van der Waals surface area contributed by atoms with Gasteiger partial charge in [0, 0.05) is 24.6 Å². The van der Waals surface area contributed by atoms with E-state index in [1.54, 1.807) is 29.8 Å². The molecule has 4 rings (SSSR count). The van der Waals surface area contributed by atoms with Gasteiger partial charge in [0.2, 0.25) is 0 Å². The number of hydrogen-bond donors (Lipinski definition) is 0. The van der Waals surface area contributed by atoms with E-state index in [-0.39, 0.29) is 5.91 Å². The molecule has 0 saturated carbocycles. The topological polar surface area (TPSA) is 45.1 Å². The van der Waals surface area contributed by atoms with E-state index in [0.29, 0.717) is 23.2 Å². The van der Waals surface area contributed by atoms with Crippen LogP contribution in [0.25, 0.3) is 0 Å². The minimum absolute atomic E-state index is 0.0316. The molecule has 1 amide bonds. The van der Waals surface area contributed by atoms with Crippen molar-refractivity contribution in [2.24, 2.45) is 4.99 Å². The largest absolute Gasteiger partial charge is 0.497 e. The van der Waals surface area contributed by atoms with Gasteiger partial charge >= 0.3 is 0 Å². The van der Waals surface area contributed by atoms with E-state index in [9.17, 15) is 4.79 Å². The van der Waals surface area contributed by atoms with Crippen molar-refractivity contribution < 1.29 is 9.53 Å². The van der Waals surface area contributed by atoms with Gasteiger partial charge in [-0.3, -0.25) is 14.7 Å². The van der Waals surface area contributed by atoms with Crippen LogP contribution in [-0.4, -0.2) is 36.7 Å². The number of rotatable bonds is 5. The van der Waals surface area contributed by atoms with Gasteiger partial charge in [-0.2, -0.15) is 0 Å². The van der Waals surface area contributed by atoms with Gasteiger partial charge in [-0.1, -0.05) is 48.2 Å². The van der Waals surface area contributed by atoms with Crippen LogP contribution < -0.4 is 9.64 Å². The van der Waals surface area contributed by atoms with Gasteiger partial charge in [0.1, 0.15) is 10.7 Å². The molecule has 29 heavy (non-hydrogen) atoms. The molecular weight excluding hydrogens is 402 g/mol. The number of nitrogens with zero attached hydrogens (tertiary/aromatic N) is 3. The van der Waals surface area contributed by atoms with E-state index in [1.165, 1.54) is 11.8 Å². The first-order valence-corrected chi connectivity index (χ1v) is 10.8. The predicted octanol–water partition coefficient (Wildman–Crippen LogP) is 4.72. The number of thioether (sulfide) groups is 2. The summed E-state index contributed by atoms with van der Waals surface area (Å²) in [5.74, 6) is 0.766. The van der Waals surface area contributed by atoms with E-state index in [1.807, 2.05) is 55.6 Å². The molecule has 148 valence electrons. The molecular formula is C22H21N3O2S2. The lowest BCUT2D eigenvalue weighted by Crippen LogP contribution is -2.29. The highest BCUT2D eigenvalue weighted by Crippen LogP contribution is 2.50. The number of fused-ring (bicyclic) bond motifs is 1. The molecule has 2 aliphatic rings. The van der Waals surface area contributed by atoms with E-state index >= 15 is 0 Å². The van der Waals surface area contributed by atoms with Gasteiger partial charge in [0.15, 0.2) is 5.17 Å². The van der Waals surface area contributed by atoms with E-state index in [2.05, 4.69) is 11.5 Å². The quantitative estimate of drug-likeness (QED) is 0.514. The Bertz CT molecular complexity index is 1020. The molecule has 0 aromatic heterocycles. The zero-order chi connectivity index (χ0) is 20.4. The number of ether oxygens (including phenoxy) is 1. The smallest absolute Gasteiger partial charge is 0.269 e. The summed E-state index contributed by atoms with van der Waals surface area (Å²) in [5, 5.41) is 1.63. The van der Waals surface area contributed by atoms with Crippen LogP contribution in [-0.2, 0) is 11.3 Å². The third kappa shape index (κ3) is 3.80. The van der Waals surface area contributed by atoms with Crippen LogP contribution in [0.4, 0.5) is 5.69 Å². The van der Waals surface area contributed by atoms with Gasteiger partial charge < -0.3 is 9.64 Å². The number of carbonyl (C=O) groups excluding carboxylic acids is 1. The molecule has 2 aliphatic heterocycles. The Balaban J connectivity index is 1.66.